The molecule has 0 atom stereocenters. The van der Waals surface area contributed by atoms with E-state index in [2.05, 4.69) is 20.7 Å². The first-order valence-electron chi connectivity index (χ1n) is 5.67. The average Bonchev–Trinajstić information content (AvgIpc) is 2.37. The number of benzene rings is 2. The standard InChI is InChI=1S/C13H10BrFN2O3S/c14-9-5-8(13(16)18)6-11(7-9)17-21(19,20)12-3-1-10(15)2-4-12/h1-7,17H,(H2,16,18). The van der Waals surface area contributed by atoms with Gasteiger partial charge in [0.2, 0.25) is 5.91 Å². The molecule has 0 aliphatic heterocycles. The van der Waals surface area contributed by atoms with Crippen LogP contribution >= 0.6 is 15.9 Å². The predicted molar refractivity (Wildman–Crippen MR) is 79.9 cm³/mol. The molecule has 0 aliphatic rings. The summed E-state index contributed by atoms with van der Waals surface area (Å²) in [5.41, 5.74) is 5.49. The first-order chi connectivity index (χ1) is 9.78. The first kappa shape index (κ1) is 15.5. The smallest absolute Gasteiger partial charge is 0.261 e. The maximum Gasteiger partial charge on any atom is 0.261 e. The van der Waals surface area contributed by atoms with Crippen molar-refractivity contribution in [3.63, 3.8) is 0 Å². The number of carbonyl (C=O) groups excluding carboxylic acids is 1. The van der Waals surface area contributed by atoms with Crippen molar-refractivity contribution in [3.05, 3.63) is 58.3 Å². The van der Waals surface area contributed by atoms with E-state index in [9.17, 15) is 17.6 Å². The molecule has 8 heteroatoms. The Hall–Kier alpha value is -1.93. The van der Waals surface area contributed by atoms with Gasteiger partial charge in [-0.3, -0.25) is 9.52 Å². The van der Waals surface area contributed by atoms with Gasteiger partial charge in [-0.25, -0.2) is 12.8 Å². The topological polar surface area (TPSA) is 89.3 Å². The maximum atomic E-state index is 12.8. The zero-order chi connectivity index (χ0) is 15.6. The van der Waals surface area contributed by atoms with Crippen LogP contribution < -0.4 is 10.5 Å². The third kappa shape index (κ3) is 3.79. The van der Waals surface area contributed by atoms with E-state index in [0.29, 0.717) is 4.47 Å². The van der Waals surface area contributed by atoms with Gasteiger partial charge >= 0.3 is 0 Å². The summed E-state index contributed by atoms with van der Waals surface area (Å²) in [7, 11) is -3.88. The highest BCUT2D eigenvalue weighted by molar-refractivity contribution is 9.10. The van der Waals surface area contributed by atoms with Crippen LogP contribution in [0.15, 0.2) is 51.8 Å². The summed E-state index contributed by atoms with van der Waals surface area (Å²) >= 11 is 3.16. The summed E-state index contributed by atoms with van der Waals surface area (Å²) in [5.74, 6) is -1.22. The van der Waals surface area contributed by atoms with Crippen LogP contribution in [0.25, 0.3) is 0 Å². The number of amides is 1. The molecule has 1 amide bonds. The van der Waals surface area contributed by atoms with Gasteiger partial charge in [-0.2, -0.15) is 0 Å². The molecule has 0 heterocycles. The van der Waals surface area contributed by atoms with E-state index in [0.717, 1.165) is 24.3 Å². The van der Waals surface area contributed by atoms with Crippen molar-refractivity contribution in [1.29, 1.82) is 0 Å². The number of carbonyl (C=O) groups is 1. The molecule has 5 nitrogen and oxygen atoms in total. The highest BCUT2D eigenvalue weighted by atomic mass is 79.9. The molecule has 2 rings (SSSR count). The molecule has 2 aromatic rings. The molecule has 2 aromatic carbocycles. The fourth-order valence-electron chi connectivity index (χ4n) is 1.62. The van der Waals surface area contributed by atoms with Gasteiger partial charge < -0.3 is 5.73 Å². The van der Waals surface area contributed by atoms with Crippen LogP contribution in [0.1, 0.15) is 10.4 Å². The van der Waals surface area contributed by atoms with Gasteiger partial charge in [-0.15, -0.1) is 0 Å². The highest BCUT2D eigenvalue weighted by Gasteiger charge is 2.15. The molecule has 0 unspecified atom stereocenters. The largest absolute Gasteiger partial charge is 0.366 e. The lowest BCUT2D eigenvalue weighted by molar-refractivity contribution is 0.1000. The summed E-state index contributed by atoms with van der Waals surface area (Å²) in [6.45, 7) is 0. The van der Waals surface area contributed by atoms with Gasteiger partial charge in [0.15, 0.2) is 0 Å². The molecule has 0 radical (unpaired) electrons. The summed E-state index contributed by atoms with van der Waals surface area (Å²) in [6, 6.07) is 8.64. The number of nitrogens with one attached hydrogen (secondary N) is 1. The van der Waals surface area contributed by atoms with Crippen molar-refractivity contribution in [2.75, 3.05) is 4.72 Å². The van der Waals surface area contributed by atoms with E-state index in [1.54, 1.807) is 0 Å². The molecule has 110 valence electrons. The lowest BCUT2D eigenvalue weighted by atomic mass is 10.2. The molecule has 0 aliphatic carbocycles. The molecular weight excluding hydrogens is 363 g/mol. The molecule has 0 saturated heterocycles. The Balaban J connectivity index is 2.36. The zero-order valence-electron chi connectivity index (χ0n) is 10.5. The minimum atomic E-state index is -3.88. The molecule has 0 spiro atoms. The van der Waals surface area contributed by atoms with Crippen molar-refractivity contribution >= 4 is 37.5 Å². The number of halogens is 2. The first-order valence-corrected chi connectivity index (χ1v) is 7.94. The maximum absolute atomic E-state index is 12.8. The van der Waals surface area contributed by atoms with Gasteiger partial charge in [-0.1, -0.05) is 15.9 Å². The number of hydrogen-bond donors (Lipinski definition) is 2. The van der Waals surface area contributed by atoms with Gasteiger partial charge in [0, 0.05) is 10.0 Å². The monoisotopic (exact) mass is 372 g/mol. The van der Waals surface area contributed by atoms with Crippen LogP contribution in [-0.2, 0) is 10.0 Å². The van der Waals surface area contributed by atoms with Crippen LogP contribution in [0.5, 0.6) is 0 Å². The van der Waals surface area contributed by atoms with Gasteiger partial charge in [0.25, 0.3) is 10.0 Å². The van der Waals surface area contributed by atoms with E-state index in [1.165, 1.54) is 18.2 Å². The number of sulfonamides is 1. The van der Waals surface area contributed by atoms with E-state index in [4.69, 9.17) is 5.73 Å². The molecule has 0 bridgehead atoms. The van der Waals surface area contributed by atoms with Crippen LogP contribution in [0.2, 0.25) is 0 Å². The number of hydrogen-bond acceptors (Lipinski definition) is 3. The van der Waals surface area contributed by atoms with Gasteiger partial charge in [0.05, 0.1) is 10.6 Å². The Morgan fingerprint density at radius 2 is 1.76 bits per heavy atom. The summed E-state index contributed by atoms with van der Waals surface area (Å²) in [4.78, 5) is 11.1. The summed E-state index contributed by atoms with van der Waals surface area (Å²) in [6.07, 6.45) is 0. The lowest BCUT2D eigenvalue weighted by Crippen LogP contribution is -2.15. The van der Waals surface area contributed by atoms with E-state index in [1.807, 2.05) is 0 Å². The Morgan fingerprint density at radius 3 is 2.33 bits per heavy atom. The molecular formula is C13H10BrFN2O3S. The van der Waals surface area contributed by atoms with E-state index < -0.39 is 21.7 Å². The van der Waals surface area contributed by atoms with Crippen molar-refractivity contribution in [3.8, 4) is 0 Å². The van der Waals surface area contributed by atoms with Crippen molar-refractivity contribution in [2.24, 2.45) is 5.73 Å². The minimum Gasteiger partial charge on any atom is -0.366 e. The second-order valence-corrected chi connectivity index (χ2v) is 6.75. The van der Waals surface area contributed by atoms with Crippen LogP contribution in [0, 0.1) is 5.82 Å². The van der Waals surface area contributed by atoms with Gasteiger partial charge in [-0.05, 0) is 42.5 Å². The third-order valence-corrected chi connectivity index (χ3v) is 4.41. The number of anilines is 1. The second-order valence-electron chi connectivity index (χ2n) is 4.15. The second kappa shape index (κ2) is 5.82. The normalized spacial score (nSPS) is 11.1. The average molecular weight is 373 g/mol. The Labute approximate surface area is 129 Å². The van der Waals surface area contributed by atoms with Crippen molar-refractivity contribution in [2.45, 2.75) is 4.90 Å². The number of primary amides is 1. The quantitative estimate of drug-likeness (QED) is 0.863. The molecule has 0 saturated carbocycles. The van der Waals surface area contributed by atoms with Crippen molar-refractivity contribution in [1.82, 2.24) is 0 Å². The van der Waals surface area contributed by atoms with Crippen molar-refractivity contribution < 1.29 is 17.6 Å². The number of nitrogens with two attached hydrogens (primary N) is 1. The molecule has 0 fully saturated rings. The fraction of sp³-hybridized carbons (Fsp3) is 0. The summed E-state index contributed by atoms with van der Waals surface area (Å²) < 4.78 is 39.9. The van der Waals surface area contributed by atoms with Gasteiger partial charge in [0.1, 0.15) is 5.82 Å². The predicted octanol–water partition coefficient (Wildman–Crippen LogP) is 2.49. The van der Waals surface area contributed by atoms with Crippen LogP contribution in [0.4, 0.5) is 10.1 Å². The highest BCUT2D eigenvalue weighted by Crippen LogP contribution is 2.22. The molecule has 21 heavy (non-hydrogen) atoms. The molecule has 0 aromatic heterocycles. The van der Waals surface area contributed by atoms with E-state index >= 15 is 0 Å². The SMILES string of the molecule is NC(=O)c1cc(Br)cc(NS(=O)(=O)c2ccc(F)cc2)c1. The summed E-state index contributed by atoms with van der Waals surface area (Å²) in [5, 5.41) is 0. The lowest BCUT2D eigenvalue weighted by Gasteiger charge is -2.09. The Morgan fingerprint density at radius 1 is 1.14 bits per heavy atom. The van der Waals surface area contributed by atoms with Crippen LogP contribution in [-0.4, -0.2) is 14.3 Å². The Kier molecular flexibility index (Phi) is 4.29. The third-order valence-electron chi connectivity index (χ3n) is 2.56. The molecule has 3 N–H and O–H groups in total. The van der Waals surface area contributed by atoms with Crippen LogP contribution in [0.3, 0.4) is 0 Å². The Bertz CT molecular complexity index is 792. The zero-order valence-corrected chi connectivity index (χ0v) is 12.9. The van der Waals surface area contributed by atoms with E-state index in [-0.39, 0.29) is 16.1 Å². The number of rotatable bonds is 4. The fourth-order valence-corrected chi connectivity index (χ4v) is 3.15. The minimum absolute atomic E-state index is 0.0931.